The molecule has 1 heterocycles. The molecule has 0 amide bonds. The van der Waals surface area contributed by atoms with E-state index >= 15 is 0 Å². The van der Waals surface area contributed by atoms with Crippen molar-refractivity contribution < 1.29 is 9.90 Å². The number of nitrogens with two attached hydrogens (primary N) is 1. The Hall–Kier alpha value is -1.42. The van der Waals surface area contributed by atoms with E-state index in [1.54, 1.807) is 25.3 Å². The van der Waals surface area contributed by atoms with Crippen molar-refractivity contribution in [3.63, 3.8) is 0 Å². The Kier molecular flexibility index (Phi) is 2.34. The van der Waals surface area contributed by atoms with Crippen LogP contribution in [0.15, 0.2) is 18.3 Å². The molecule has 0 saturated heterocycles. The molecule has 1 rings (SSSR count). The summed E-state index contributed by atoms with van der Waals surface area (Å²) in [5.41, 5.74) is 5.60. The Morgan fingerprint density at radius 1 is 1.69 bits per heavy atom. The third kappa shape index (κ3) is 1.84. The Bertz CT molecular complexity index is 334. The predicted molar refractivity (Wildman–Crippen MR) is 48.1 cm³/mol. The van der Waals surface area contributed by atoms with Crippen molar-refractivity contribution in [1.82, 2.24) is 4.98 Å². The van der Waals surface area contributed by atoms with Gasteiger partial charge in [-0.3, -0.25) is 4.98 Å². The number of carboxylic acid groups (broad SMARTS) is 1. The van der Waals surface area contributed by atoms with Gasteiger partial charge in [0.05, 0.1) is 0 Å². The Morgan fingerprint density at radius 3 is 2.77 bits per heavy atom. The standard InChI is InChI=1S/C9H12N2O2/c1-6-5-7(3-4-11-6)9(2,10)8(12)13/h3-5H,10H2,1-2H3,(H,12,13). The van der Waals surface area contributed by atoms with E-state index in [4.69, 9.17) is 10.8 Å². The highest BCUT2D eigenvalue weighted by atomic mass is 16.4. The lowest BCUT2D eigenvalue weighted by Gasteiger charge is -2.19. The van der Waals surface area contributed by atoms with Crippen molar-refractivity contribution >= 4 is 5.97 Å². The van der Waals surface area contributed by atoms with Crippen LogP contribution in [-0.2, 0) is 10.3 Å². The number of carboxylic acids is 1. The molecule has 0 aliphatic rings. The summed E-state index contributed by atoms with van der Waals surface area (Å²) in [4.78, 5) is 14.8. The summed E-state index contributed by atoms with van der Waals surface area (Å²) < 4.78 is 0. The molecular weight excluding hydrogens is 168 g/mol. The number of nitrogens with zero attached hydrogens (tertiary/aromatic N) is 1. The van der Waals surface area contributed by atoms with Gasteiger partial charge in [0, 0.05) is 11.9 Å². The van der Waals surface area contributed by atoms with Gasteiger partial charge in [-0.1, -0.05) is 0 Å². The second kappa shape index (κ2) is 3.14. The van der Waals surface area contributed by atoms with Gasteiger partial charge in [0.1, 0.15) is 5.54 Å². The molecule has 0 spiro atoms. The minimum Gasteiger partial charge on any atom is -0.480 e. The number of aliphatic carboxylic acids is 1. The molecule has 4 nitrogen and oxygen atoms in total. The van der Waals surface area contributed by atoms with Crippen LogP contribution < -0.4 is 5.73 Å². The van der Waals surface area contributed by atoms with Crippen LogP contribution in [-0.4, -0.2) is 16.1 Å². The number of hydrogen-bond donors (Lipinski definition) is 2. The molecule has 0 aliphatic heterocycles. The summed E-state index contributed by atoms with van der Waals surface area (Å²) in [5.74, 6) is -1.04. The molecule has 0 bridgehead atoms. The fourth-order valence-corrected chi connectivity index (χ4v) is 0.992. The lowest BCUT2D eigenvalue weighted by atomic mass is 9.94. The molecule has 1 unspecified atom stereocenters. The number of carbonyl (C=O) groups is 1. The minimum atomic E-state index is -1.34. The first-order chi connectivity index (χ1) is 5.94. The molecule has 0 aromatic carbocycles. The smallest absolute Gasteiger partial charge is 0.328 e. The summed E-state index contributed by atoms with van der Waals surface area (Å²) in [7, 11) is 0. The molecule has 1 aromatic heterocycles. The van der Waals surface area contributed by atoms with Crippen molar-refractivity contribution in [3.05, 3.63) is 29.6 Å². The second-order valence-electron chi connectivity index (χ2n) is 3.19. The summed E-state index contributed by atoms with van der Waals surface area (Å²) in [6, 6.07) is 3.29. The van der Waals surface area contributed by atoms with E-state index in [0.717, 1.165) is 5.69 Å². The SMILES string of the molecule is Cc1cc(C(C)(N)C(=O)O)ccn1. The van der Waals surface area contributed by atoms with Gasteiger partial charge in [-0.25, -0.2) is 4.79 Å². The summed E-state index contributed by atoms with van der Waals surface area (Å²) in [6.07, 6.45) is 1.55. The van der Waals surface area contributed by atoms with Crippen LogP contribution >= 0.6 is 0 Å². The maximum Gasteiger partial charge on any atom is 0.328 e. The van der Waals surface area contributed by atoms with Gasteiger partial charge in [-0.05, 0) is 31.5 Å². The molecule has 13 heavy (non-hydrogen) atoms. The van der Waals surface area contributed by atoms with E-state index in [9.17, 15) is 4.79 Å². The van der Waals surface area contributed by atoms with Gasteiger partial charge in [0.2, 0.25) is 0 Å². The first kappa shape index (κ1) is 9.67. The van der Waals surface area contributed by atoms with E-state index < -0.39 is 11.5 Å². The van der Waals surface area contributed by atoms with Crippen molar-refractivity contribution in [1.29, 1.82) is 0 Å². The third-order valence-electron chi connectivity index (χ3n) is 1.94. The maximum atomic E-state index is 10.8. The fourth-order valence-electron chi connectivity index (χ4n) is 0.992. The molecule has 0 aliphatic carbocycles. The lowest BCUT2D eigenvalue weighted by Crippen LogP contribution is -2.41. The van der Waals surface area contributed by atoms with E-state index in [-0.39, 0.29) is 0 Å². The zero-order valence-corrected chi connectivity index (χ0v) is 7.61. The Balaban J connectivity index is 3.14. The average Bonchev–Trinajstić information content (AvgIpc) is 2.04. The van der Waals surface area contributed by atoms with Crippen LogP contribution in [0.4, 0.5) is 0 Å². The quantitative estimate of drug-likeness (QED) is 0.700. The topological polar surface area (TPSA) is 76.2 Å². The van der Waals surface area contributed by atoms with E-state index in [0.29, 0.717) is 5.56 Å². The summed E-state index contributed by atoms with van der Waals surface area (Å²) in [6.45, 7) is 3.26. The Labute approximate surface area is 76.4 Å². The van der Waals surface area contributed by atoms with Crippen molar-refractivity contribution in [2.24, 2.45) is 5.73 Å². The van der Waals surface area contributed by atoms with Crippen molar-refractivity contribution in [2.75, 3.05) is 0 Å². The van der Waals surface area contributed by atoms with Crippen LogP contribution in [0, 0.1) is 6.92 Å². The van der Waals surface area contributed by atoms with Crippen LogP contribution in [0.2, 0.25) is 0 Å². The van der Waals surface area contributed by atoms with Gasteiger partial charge in [0.15, 0.2) is 0 Å². The minimum absolute atomic E-state index is 0.563. The Morgan fingerprint density at radius 2 is 2.31 bits per heavy atom. The van der Waals surface area contributed by atoms with Crippen molar-refractivity contribution in [3.8, 4) is 0 Å². The van der Waals surface area contributed by atoms with E-state index in [2.05, 4.69) is 4.98 Å². The van der Waals surface area contributed by atoms with Crippen LogP contribution in [0.25, 0.3) is 0 Å². The molecule has 0 radical (unpaired) electrons. The summed E-state index contributed by atoms with van der Waals surface area (Å²) in [5, 5.41) is 8.84. The number of aryl methyl sites for hydroxylation is 1. The van der Waals surface area contributed by atoms with Gasteiger partial charge in [0.25, 0.3) is 0 Å². The normalized spacial score (nSPS) is 15.0. The highest BCUT2D eigenvalue weighted by molar-refractivity contribution is 5.79. The second-order valence-corrected chi connectivity index (χ2v) is 3.19. The van der Waals surface area contributed by atoms with Crippen LogP contribution in [0.1, 0.15) is 18.2 Å². The molecule has 4 heteroatoms. The molecular formula is C9H12N2O2. The van der Waals surface area contributed by atoms with Crippen molar-refractivity contribution in [2.45, 2.75) is 19.4 Å². The average molecular weight is 180 g/mol. The first-order valence-electron chi connectivity index (χ1n) is 3.90. The van der Waals surface area contributed by atoms with Gasteiger partial charge < -0.3 is 10.8 Å². The maximum absolute atomic E-state index is 10.8. The van der Waals surface area contributed by atoms with Gasteiger partial charge in [-0.2, -0.15) is 0 Å². The van der Waals surface area contributed by atoms with E-state index in [1.807, 2.05) is 0 Å². The van der Waals surface area contributed by atoms with Crippen LogP contribution in [0.3, 0.4) is 0 Å². The zero-order chi connectivity index (χ0) is 10.1. The highest BCUT2D eigenvalue weighted by Crippen LogP contribution is 2.17. The summed E-state index contributed by atoms with van der Waals surface area (Å²) >= 11 is 0. The molecule has 70 valence electrons. The van der Waals surface area contributed by atoms with Gasteiger partial charge in [-0.15, -0.1) is 0 Å². The lowest BCUT2D eigenvalue weighted by molar-refractivity contribution is -0.143. The molecule has 1 aromatic rings. The number of pyridine rings is 1. The number of aromatic nitrogens is 1. The molecule has 0 saturated carbocycles. The van der Waals surface area contributed by atoms with E-state index in [1.165, 1.54) is 6.92 Å². The number of hydrogen-bond acceptors (Lipinski definition) is 3. The molecule has 3 N–H and O–H groups in total. The number of rotatable bonds is 2. The third-order valence-corrected chi connectivity index (χ3v) is 1.94. The molecule has 1 atom stereocenters. The van der Waals surface area contributed by atoms with Crippen LogP contribution in [0.5, 0.6) is 0 Å². The predicted octanol–water partition coefficient (Wildman–Crippen LogP) is 0.649. The molecule has 0 fully saturated rings. The zero-order valence-electron chi connectivity index (χ0n) is 7.61. The monoisotopic (exact) mass is 180 g/mol. The highest BCUT2D eigenvalue weighted by Gasteiger charge is 2.30. The van der Waals surface area contributed by atoms with Gasteiger partial charge >= 0.3 is 5.97 Å². The largest absolute Gasteiger partial charge is 0.480 e. The first-order valence-corrected chi connectivity index (χ1v) is 3.90. The fraction of sp³-hybridized carbons (Fsp3) is 0.333.